The van der Waals surface area contributed by atoms with E-state index in [2.05, 4.69) is 44.5 Å². The number of fused-ring (bicyclic) bond motifs is 2. The normalized spacial score (nSPS) is 13.6. The summed E-state index contributed by atoms with van der Waals surface area (Å²) in [5, 5.41) is 13.5. The molecule has 0 saturated carbocycles. The molecule has 1 unspecified atom stereocenters. The summed E-state index contributed by atoms with van der Waals surface area (Å²) in [5.41, 5.74) is 3.15. The largest absolute Gasteiger partial charge is 0.486 e. The van der Waals surface area contributed by atoms with Crippen molar-refractivity contribution in [3.05, 3.63) is 111 Å². The molecule has 0 saturated heterocycles. The molecule has 5 aromatic rings. The Balaban J connectivity index is 1.35. The van der Waals surface area contributed by atoms with Crippen molar-refractivity contribution in [3.63, 3.8) is 0 Å². The van der Waals surface area contributed by atoms with Crippen molar-refractivity contribution in [2.45, 2.75) is 39.0 Å². The number of tetrazole rings is 1. The Hall–Kier alpha value is -4.57. The van der Waals surface area contributed by atoms with Crippen LogP contribution >= 0.6 is 0 Å². The fourth-order valence-corrected chi connectivity index (χ4v) is 5.15. The average molecular weight is 541 g/mol. The highest BCUT2D eigenvalue weighted by Crippen LogP contribution is 2.34. The highest BCUT2D eigenvalue weighted by atomic mass is 19.1. The van der Waals surface area contributed by atoms with Gasteiger partial charge >= 0.3 is 0 Å². The number of hydrogen-bond donors (Lipinski definition) is 1. The smallest absolute Gasteiger partial charge is 0.252 e. The number of benzene rings is 3. The Morgan fingerprint density at radius 2 is 1.73 bits per heavy atom. The molecule has 1 aliphatic heterocycles. The van der Waals surface area contributed by atoms with E-state index in [0.717, 1.165) is 16.5 Å². The lowest BCUT2D eigenvalue weighted by Crippen LogP contribution is -2.32. The van der Waals surface area contributed by atoms with Gasteiger partial charge in [0.05, 0.1) is 18.1 Å². The molecule has 0 radical (unpaired) electrons. The van der Waals surface area contributed by atoms with E-state index in [0.29, 0.717) is 67.7 Å². The third-order valence-corrected chi connectivity index (χ3v) is 7.12. The van der Waals surface area contributed by atoms with Gasteiger partial charge < -0.3 is 14.5 Å². The summed E-state index contributed by atoms with van der Waals surface area (Å²) in [6, 6.07) is 21.9. The fourth-order valence-electron chi connectivity index (χ4n) is 5.15. The molecule has 40 heavy (non-hydrogen) atoms. The number of aromatic amines is 1. The van der Waals surface area contributed by atoms with E-state index >= 15 is 0 Å². The summed E-state index contributed by atoms with van der Waals surface area (Å²) < 4.78 is 26.7. The maximum Gasteiger partial charge on any atom is 0.252 e. The summed E-state index contributed by atoms with van der Waals surface area (Å²) in [7, 11) is 0. The van der Waals surface area contributed by atoms with Crippen molar-refractivity contribution in [2.75, 3.05) is 13.2 Å². The summed E-state index contributed by atoms with van der Waals surface area (Å²) in [6.07, 6.45) is 0.709. The van der Waals surface area contributed by atoms with Crippen molar-refractivity contribution in [1.82, 2.24) is 30.1 Å². The summed E-state index contributed by atoms with van der Waals surface area (Å²) in [6.45, 7) is 4.41. The molecule has 3 aromatic carbocycles. The van der Waals surface area contributed by atoms with Gasteiger partial charge in [0.25, 0.3) is 5.56 Å². The van der Waals surface area contributed by atoms with Crippen LogP contribution in [-0.4, -0.2) is 43.3 Å². The summed E-state index contributed by atoms with van der Waals surface area (Å²) >= 11 is 0. The standard InChI is InChI=1S/C30H29FN6O3/c1-2-26(29-33-34-35-37(29)18-21-8-10-24(31)11-9-21)36(17-20-6-4-3-5-7-20)19-23-14-22-15-27-28(40-13-12-39-27)16-25(22)32-30(23)38/h3-11,14-16,26H,2,12-13,17-19H2,1H3,(H,32,38). The van der Waals surface area contributed by atoms with Crippen LogP contribution in [0.3, 0.4) is 0 Å². The van der Waals surface area contributed by atoms with E-state index in [9.17, 15) is 9.18 Å². The number of nitrogens with one attached hydrogen (secondary N) is 1. The molecule has 0 fully saturated rings. The molecule has 0 amide bonds. The molecule has 9 nitrogen and oxygen atoms in total. The van der Waals surface area contributed by atoms with Gasteiger partial charge in [-0.05, 0) is 52.2 Å². The Morgan fingerprint density at radius 3 is 2.48 bits per heavy atom. The predicted octanol–water partition coefficient (Wildman–Crippen LogP) is 4.63. The van der Waals surface area contributed by atoms with Crippen molar-refractivity contribution in [1.29, 1.82) is 0 Å². The Bertz CT molecular complexity index is 1670. The average Bonchev–Trinajstić information content (AvgIpc) is 3.42. The minimum absolute atomic E-state index is 0.164. The van der Waals surface area contributed by atoms with Gasteiger partial charge in [-0.2, -0.15) is 0 Å². The second kappa shape index (κ2) is 11.3. The van der Waals surface area contributed by atoms with Crippen molar-refractivity contribution in [2.24, 2.45) is 0 Å². The molecule has 6 rings (SSSR count). The van der Waals surface area contributed by atoms with Gasteiger partial charge in [0.15, 0.2) is 17.3 Å². The number of rotatable bonds is 9. The van der Waals surface area contributed by atoms with Gasteiger partial charge in [-0.3, -0.25) is 9.69 Å². The number of halogens is 1. The van der Waals surface area contributed by atoms with E-state index in [1.165, 1.54) is 12.1 Å². The summed E-state index contributed by atoms with van der Waals surface area (Å²) in [5.74, 6) is 1.69. The SMILES string of the molecule is CCC(c1nnnn1Cc1ccc(F)cc1)N(Cc1ccccc1)Cc1cc2cc3c(cc2[nH]c1=O)OCCO3. The maximum absolute atomic E-state index is 13.5. The molecule has 2 aromatic heterocycles. The van der Waals surface area contributed by atoms with E-state index in [-0.39, 0.29) is 17.4 Å². The molecule has 1 aliphatic rings. The van der Waals surface area contributed by atoms with Crippen LogP contribution in [0.4, 0.5) is 4.39 Å². The number of H-pyrrole nitrogens is 1. The van der Waals surface area contributed by atoms with Crippen LogP contribution in [0.2, 0.25) is 0 Å². The first-order chi connectivity index (χ1) is 19.6. The molecule has 0 aliphatic carbocycles. The van der Waals surface area contributed by atoms with Crippen LogP contribution in [0.1, 0.15) is 41.9 Å². The molecular formula is C30H29FN6O3. The Labute approximate surface area is 230 Å². The van der Waals surface area contributed by atoms with Crippen LogP contribution in [-0.2, 0) is 19.6 Å². The lowest BCUT2D eigenvalue weighted by Gasteiger charge is -2.30. The van der Waals surface area contributed by atoms with Gasteiger partial charge in [-0.1, -0.05) is 49.4 Å². The van der Waals surface area contributed by atoms with Crippen LogP contribution in [0.15, 0.2) is 77.6 Å². The van der Waals surface area contributed by atoms with Gasteiger partial charge in [0.2, 0.25) is 0 Å². The molecule has 0 spiro atoms. The highest BCUT2D eigenvalue weighted by molar-refractivity contribution is 5.83. The van der Waals surface area contributed by atoms with Crippen molar-refractivity contribution >= 4 is 10.9 Å². The quantitative estimate of drug-likeness (QED) is 0.291. The topological polar surface area (TPSA) is 98.2 Å². The second-order valence-electron chi connectivity index (χ2n) is 9.84. The third kappa shape index (κ3) is 5.43. The summed E-state index contributed by atoms with van der Waals surface area (Å²) in [4.78, 5) is 18.5. The Morgan fingerprint density at radius 1 is 0.975 bits per heavy atom. The van der Waals surface area contributed by atoms with E-state index in [1.807, 2.05) is 36.4 Å². The van der Waals surface area contributed by atoms with Crippen molar-refractivity contribution in [3.8, 4) is 11.5 Å². The lowest BCUT2D eigenvalue weighted by atomic mass is 10.1. The van der Waals surface area contributed by atoms with Crippen LogP contribution in [0.25, 0.3) is 10.9 Å². The van der Waals surface area contributed by atoms with E-state index in [4.69, 9.17) is 9.47 Å². The zero-order chi connectivity index (χ0) is 27.5. The van der Waals surface area contributed by atoms with Crippen LogP contribution in [0.5, 0.6) is 11.5 Å². The number of pyridine rings is 1. The minimum Gasteiger partial charge on any atom is -0.486 e. The number of nitrogens with zero attached hydrogens (tertiary/aromatic N) is 5. The van der Waals surface area contributed by atoms with Gasteiger partial charge in [-0.15, -0.1) is 5.10 Å². The molecular weight excluding hydrogens is 511 g/mol. The zero-order valence-corrected chi connectivity index (χ0v) is 22.1. The molecule has 1 atom stereocenters. The molecule has 204 valence electrons. The first-order valence-electron chi connectivity index (χ1n) is 13.3. The van der Waals surface area contributed by atoms with Gasteiger partial charge in [-0.25, -0.2) is 9.07 Å². The fraction of sp³-hybridized carbons (Fsp3) is 0.267. The van der Waals surface area contributed by atoms with Crippen molar-refractivity contribution < 1.29 is 13.9 Å². The molecule has 0 bridgehead atoms. The van der Waals surface area contributed by atoms with Crippen LogP contribution < -0.4 is 15.0 Å². The minimum atomic E-state index is -0.290. The first-order valence-corrected chi connectivity index (χ1v) is 13.3. The number of aromatic nitrogens is 5. The number of hydrogen-bond acceptors (Lipinski definition) is 7. The lowest BCUT2D eigenvalue weighted by molar-refractivity contribution is 0.161. The van der Waals surface area contributed by atoms with E-state index < -0.39 is 0 Å². The first kappa shape index (κ1) is 25.7. The molecule has 1 N–H and O–H groups in total. The molecule has 3 heterocycles. The molecule has 10 heteroatoms. The van der Waals surface area contributed by atoms with Gasteiger partial charge in [0.1, 0.15) is 19.0 Å². The monoisotopic (exact) mass is 540 g/mol. The van der Waals surface area contributed by atoms with Gasteiger partial charge in [0, 0.05) is 30.1 Å². The second-order valence-corrected chi connectivity index (χ2v) is 9.84. The Kier molecular flexibility index (Phi) is 7.24. The van der Waals surface area contributed by atoms with Crippen LogP contribution in [0, 0.1) is 5.82 Å². The third-order valence-electron chi connectivity index (χ3n) is 7.12. The predicted molar refractivity (Wildman–Crippen MR) is 148 cm³/mol. The number of ether oxygens (including phenoxy) is 2. The maximum atomic E-state index is 13.5. The van der Waals surface area contributed by atoms with E-state index in [1.54, 1.807) is 16.8 Å². The highest BCUT2D eigenvalue weighted by Gasteiger charge is 2.26. The zero-order valence-electron chi connectivity index (χ0n) is 22.1.